The van der Waals surface area contributed by atoms with Crippen molar-refractivity contribution in [3.05, 3.63) is 39.8 Å². The Bertz CT molecular complexity index is 1220. The van der Waals surface area contributed by atoms with Crippen molar-refractivity contribution >= 4 is 16.9 Å². The first-order chi connectivity index (χ1) is 15.9. The highest BCUT2D eigenvalue weighted by atomic mass is 16.5. The average molecular weight is 454 g/mol. The second-order valence-corrected chi connectivity index (χ2v) is 8.75. The predicted molar refractivity (Wildman–Crippen MR) is 124 cm³/mol. The highest BCUT2D eigenvalue weighted by Gasteiger charge is 2.30. The number of amides is 1. The molecule has 2 unspecified atom stereocenters. The Balaban J connectivity index is 1.70. The summed E-state index contributed by atoms with van der Waals surface area (Å²) in [4.78, 5) is 32.4. The number of aromatic amines is 1. The number of hydroxylamine groups is 1. The Kier molecular flexibility index (Phi) is 6.78. The molecule has 3 N–H and O–H groups in total. The standard InChI is InChI=1S/C24H31N5O4/c1-4-6-18-20-21(29(3)27-18)24(31)26-22(25-20)17-13-15(8-10-19(17)33-5-2)11-14-7-9-16(12-14)23(30)28-32/h8,10,13-14,16,32H,4-7,9,11-12H2,1-3H3,(H,28,30)(H,25,26,31). The number of nitrogens with zero attached hydrogens (tertiary/aromatic N) is 3. The minimum Gasteiger partial charge on any atom is -0.493 e. The Hall–Kier alpha value is -3.20. The molecule has 1 aromatic carbocycles. The summed E-state index contributed by atoms with van der Waals surface area (Å²) in [6.07, 6.45) is 4.90. The van der Waals surface area contributed by atoms with Gasteiger partial charge in [0.2, 0.25) is 5.91 Å². The number of ether oxygens (including phenoxy) is 1. The Morgan fingerprint density at radius 2 is 2.15 bits per heavy atom. The molecule has 0 spiro atoms. The lowest BCUT2D eigenvalue weighted by atomic mass is 9.95. The fourth-order valence-corrected chi connectivity index (χ4v) is 4.87. The number of carbonyl (C=O) groups excluding carboxylic acids is 1. The number of benzene rings is 1. The molecule has 176 valence electrons. The minimum atomic E-state index is -0.306. The number of aryl methyl sites for hydroxylation is 2. The maximum Gasteiger partial charge on any atom is 0.277 e. The van der Waals surface area contributed by atoms with Gasteiger partial charge in [0.25, 0.3) is 5.56 Å². The van der Waals surface area contributed by atoms with E-state index in [-0.39, 0.29) is 17.4 Å². The summed E-state index contributed by atoms with van der Waals surface area (Å²) in [5.74, 6) is 1.02. The van der Waals surface area contributed by atoms with Crippen LogP contribution in [0.1, 0.15) is 50.8 Å². The molecule has 0 radical (unpaired) electrons. The largest absolute Gasteiger partial charge is 0.493 e. The lowest BCUT2D eigenvalue weighted by Crippen LogP contribution is -2.26. The van der Waals surface area contributed by atoms with E-state index in [9.17, 15) is 9.59 Å². The fourth-order valence-electron chi connectivity index (χ4n) is 4.87. The number of rotatable bonds is 8. The van der Waals surface area contributed by atoms with Crippen LogP contribution in [0, 0.1) is 11.8 Å². The van der Waals surface area contributed by atoms with E-state index in [4.69, 9.17) is 14.9 Å². The number of carbonyl (C=O) groups is 1. The summed E-state index contributed by atoms with van der Waals surface area (Å²) in [6.45, 7) is 4.48. The van der Waals surface area contributed by atoms with Gasteiger partial charge in [-0.05, 0) is 62.6 Å². The average Bonchev–Trinajstić information content (AvgIpc) is 3.39. The third-order valence-corrected chi connectivity index (χ3v) is 6.39. The van der Waals surface area contributed by atoms with Gasteiger partial charge in [-0.2, -0.15) is 5.10 Å². The van der Waals surface area contributed by atoms with Crippen LogP contribution in [0.25, 0.3) is 22.4 Å². The van der Waals surface area contributed by atoms with E-state index in [0.717, 1.165) is 55.3 Å². The second kappa shape index (κ2) is 9.74. The number of hydrogen-bond acceptors (Lipinski definition) is 6. The number of nitrogens with one attached hydrogen (secondary N) is 2. The van der Waals surface area contributed by atoms with Gasteiger partial charge in [-0.25, -0.2) is 10.5 Å². The zero-order valence-electron chi connectivity index (χ0n) is 19.4. The smallest absolute Gasteiger partial charge is 0.277 e. The molecule has 2 heterocycles. The van der Waals surface area contributed by atoms with Crippen molar-refractivity contribution in [2.24, 2.45) is 18.9 Å². The van der Waals surface area contributed by atoms with E-state index in [2.05, 4.69) is 17.0 Å². The molecule has 0 aliphatic heterocycles. The van der Waals surface area contributed by atoms with Gasteiger partial charge in [-0.1, -0.05) is 19.4 Å². The fraction of sp³-hybridized carbons (Fsp3) is 0.500. The van der Waals surface area contributed by atoms with Crippen LogP contribution in [0.5, 0.6) is 5.75 Å². The van der Waals surface area contributed by atoms with Crippen LogP contribution in [0.3, 0.4) is 0 Å². The van der Waals surface area contributed by atoms with E-state index in [1.165, 1.54) is 0 Å². The minimum absolute atomic E-state index is 0.148. The zero-order chi connectivity index (χ0) is 23.5. The van der Waals surface area contributed by atoms with E-state index >= 15 is 0 Å². The van der Waals surface area contributed by atoms with Crippen molar-refractivity contribution in [1.29, 1.82) is 0 Å². The van der Waals surface area contributed by atoms with Crippen LogP contribution >= 0.6 is 0 Å². The van der Waals surface area contributed by atoms with Crippen molar-refractivity contribution < 1.29 is 14.7 Å². The first-order valence-electron chi connectivity index (χ1n) is 11.6. The van der Waals surface area contributed by atoms with Crippen LogP contribution in [0.4, 0.5) is 0 Å². The summed E-state index contributed by atoms with van der Waals surface area (Å²) in [6, 6.07) is 5.96. The van der Waals surface area contributed by atoms with Gasteiger partial charge < -0.3 is 9.72 Å². The van der Waals surface area contributed by atoms with E-state index in [1.807, 2.05) is 25.1 Å². The Labute approximate surface area is 192 Å². The molecular weight excluding hydrogens is 422 g/mol. The van der Waals surface area contributed by atoms with Crippen molar-refractivity contribution in [2.75, 3.05) is 6.61 Å². The molecule has 0 saturated heterocycles. The first kappa shape index (κ1) is 23.0. The van der Waals surface area contributed by atoms with Crippen molar-refractivity contribution in [2.45, 2.75) is 52.4 Å². The first-order valence-corrected chi connectivity index (χ1v) is 11.6. The highest BCUT2D eigenvalue weighted by Crippen LogP contribution is 2.35. The van der Waals surface area contributed by atoms with Crippen molar-refractivity contribution in [3.8, 4) is 17.1 Å². The molecule has 33 heavy (non-hydrogen) atoms. The summed E-state index contributed by atoms with van der Waals surface area (Å²) >= 11 is 0. The normalized spacial score (nSPS) is 18.1. The summed E-state index contributed by atoms with van der Waals surface area (Å²) in [7, 11) is 1.76. The SMILES string of the molecule is CCCc1nn(C)c2c(=O)[nH]c(-c3cc(CC4CCC(C(=O)NO)C4)ccc3OCC)nc12. The zero-order valence-corrected chi connectivity index (χ0v) is 19.4. The van der Waals surface area contributed by atoms with Crippen molar-refractivity contribution in [3.63, 3.8) is 0 Å². The molecule has 1 aliphatic rings. The number of fused-ring (bicyclic) bond motifs is 1. The molecule has 0 bridgehead atoms. The third-order valence-electron chi connectivity index (χ3n) is 6.39. The summed E-state index contributed by atoms with van der Waals surface area (Å²) in [5, 5.41) is 13.4. The maximum atomic E-state index is 12.9. The lowest BCUT2D eigenvalue weighted by molar-refractivity contribution is -0.133. The molecule has 2 atom stereocenters. The topological polar surface area (TPSA) is 122 Å². The number of aromatic nitrogens is 4. The highest BCUT2D eigenvalue weighted by molar-refractivity contribution is 5.80. The molecule has 3 aromatic rings. The van der Waals surface area contributed by atoms with Crippen LogP contribution < -0.4 is 15.8 Å². The number of hydrogen-bond donors (Lipinski definition) is 3. The second-order valence-electron chi connectivity index (χ2n) is 8.75. The Morgan fingerprint density at radius 1 is 1.33 bits per heavy atom. The molecule has 4 rings (SSSR count). The summed E-state index contributed by atoms with van der Waals surface area (Å²) in [5.41, 5.74) is 5.28. The third kappa shape index (κ3) is 4.64. The molecule has 1 fully saturated rings. The van der Waals surface area contributed by atoms with Crippen LogP contribution in [0.2, 0.25) is 0 Å². The quantitative estimate of drug-likeness (QED) is 0.356. The molecule has 2 aromatic heterocycles. The summed E-state index contributed by atoms with van der Waals surface area (Å²) < 4.78 is 7.44. The van der Waals surface area contributed by atoms with Gasteiger partial charge in [0.05, 0.1) is 17.9 Å². The van der Waals surface area contributed by atoms with Gasteiger partial charge in [0.15, 0.2) is 5.52 Å². The van der Waals surface area contributed by atoms with Crippen LogP contribution in [0.15, 0.2) is 23.0 Å². The van der Waals surface area contributed by atoms with E-state index < -0.39 is 0 Å². The van der Waals surface area contributed by atoms with Gasteiger partial charge in [-0.15, -0.1) is 0 Å². The predicted octanol–water partition coefficient (Wildman–Crippen LogP) is 3.14. The Morgan fingerprint density at radius 3 is 2.88 bits per heavy atom. The number of H-pyrrole nitrogens is 1. The molecule has 1 amide bonds. The van der Waals surface area contributed by atoms with Gasteiger partial charge in [-0.3, -0.25) is 19.5 Å². The molecule has 1 aliphatic carbocycles. The monoisotopic (exact) mass is 453 g/mol. The molecule has 9 nitrogen and oxygen atoms in total. The van der Waals surface area contributed by atoms with Gasteiger partial charge in [0, 0.05) is 13.0 Å². The maximum absolute atomic E-state index is 12.9. The van der Waals surface area contributed by atoms with E-state index in [1.54, 1.807) is 17.2 Å². The van der Waals surface area contributed by atoms with Crippen LogP contribution in [-0.2, 0) is 24.7 Å². The lowest BCUT2D eigenvalue weighted by Gasteiger charge is -2.14. The van der Waals surface area contributed by atoms with Gasteiger partial charge >= 0.3 is 0 Å². The molecular formula is C24H31N5O4. The van der Waals surface area contributed by atoms with Gasteiger partial charge in [0.1, 0.15) is 17.1 Å². The van der Waals surface area contributed by atoms with E-state index in [0.29, 0.717) is 35.1 Å². The van der Waals surface area contributed by atoms with Crippen LogP contribution in [-0.4, -0.2) is 37.5 Å². The molecule has 9 heteroatoms. The molecule has 1 saturated carbocycles. The van der Waals surface area contributed by atoms with Crippen molar-refractivity contribution in [1.82, 2.24) is 25.2 Å².